The number of para-hydroxylation sites is 3. The molecule has 7 aromatic carbocycles. The highest BCUT2D eigenvalue weighted by molar-refractivity contribution is 6.29. The molecule has 0 aliphatic rings. The van der Waals surface area contributed by atoms with Crippen LogP contribution in [0.15, 0.2) is 162 Å². The fraction of sp³-hybridized carbons (Fsp3) is 0. The first-order valence-corrected chi connectivity index (χ1v) is 16.0. The van der Waals surface area contributed by atoms with Crippen molar-refractivity contribution in [2.45, 2.75) is 0 Å². The van der Waals surface area contributed by atoms with E-state index in [1.165, 1.54) is 0 Å². The Morgan fingerprint density at radius 3 is 1.78 bits per heavy atom. The fourth-order valence-electron chi connectivity index (χ4n) is 7.10. The summed E-state index contributed by atoms with van der Waals surface area (Å²) < 4.78 is 8.95. The van der Waals surface area contributed by atoms with Crippen LogP contribution >= 0.6 is 0 Å². The van der Waals surface area contributed by atoms with Crippen LogP contribution in [0.3, 0.4) is 0 Å². The van der Waals surface area contributed by atoms with Gasteiger partial charge in [0.1, 0.15) is 11.2 Å². The van der Waals surface area contributed by atoms with Crippen LogP contribution in [0.1, 0.15) is 0 Å². The molecular formula is C44H29N4O-. The average Bonchev–Trinajstić information content (AvgIpc) is 3.71. The first kappa shape index (κ1) is 28.6. The molecule has 3 aromatic heterocycles. The fourth-order valence-corrected chi connectivity index (χ4v) is 7.10. The first-order valence-electron chi connectivity index (χ1n) is 16.0. The lowest BCUT2D eigenvalue weighted by Crippen LogP contribution is -2.03. The van der Waals surface area contributed by atoms with Crippen molar-refractivity contribution in [2.75, 3.05) is 0 Å². The molecule has 0 fully saturated rings. The first-order chi connectivity index (χ1) is 23.8. The zero-order valence-corrected chi connectivity index (χ0v) is 26.7. The van der Waals surface area contributed by atoms with E-state index >= 15 is 0 Å². The van der Waals surface area contributed by atoms with E-state index in [9.17, 15) is 0 Å². The minimum atomic E-state index is 0. The molecule has 3 heterocycles. The second kappa shape index (κ2) is 11.3. The van der Waals surface area contributed by atoms with Gasteiger partial charge in [0, 0.05) is 43.6 Å². The molecular weight excluding hydrogens is 601 g/mol. The summed E-state index contributed by atoms with van der Waals surface area (Å²) in [6, 6.07) is 54.3. The van der Waals surface area contributed by atoms with E-state index in [-0.39, 0.29) is 7.43 Å². The third kappa shape index (κ3) is 4.44. The second-order valence-corrected chi connectivity index (χ2v) is 12.0. The maximum atomic E-state index is 6.60. The zero-order chi connectivity index (χ0) is 31.6. The number of furan rings is 1. The molecule has 0 aliphatic carbocycles. The minimum Gasteiger partial charge on any atom is -0.455 e. The summed E-state index contributed by atoms with van der Waals surface area (Å²) in [6.45, 7) is 0. The number of rotatable bonds is 4. The molecule has 0 spiro atoms. The molecule has 0 unspecified atom stereocenters. The van der Waals surface area contributed by atoms with Crippen molar-refractivity contribution in [1.82, 2.24) is 19.5 Å². The highest BCUT2D eigenvalue weighted by Gasteiger charge is 2.22. The van der Waals surface area contributed by atoms with Crippen LogP contribution in [0.25, 0.3) is 94.4 Å². The Bertz CT molecular complexity index is 2780. The van der Waals surface area contributed by atoms with Gasteiger partial charge in [-0.2, -0.15) is 0 Å². The Kier molecular flexibility index (Phi) is 6.59. The monoisotopic (exact) mass is 629 g/mol. The standard InChI is InChI=1S/C43H26N4O.CH3/c1-3-13-28(14-4-1)41-44-42(29-15-5-2-6-16-29)46-43(45-41)33-19-8-11-21-35(33)47-34-20-10-7-18-32(34)39-36(47)26-24-27-23-25-31-30-17-9-12-22-37(30)48-40(31)38(27)39;/h1-26H;1H3/q;-1. The van der Waals surface area contributed by atoms with Crippen molar-refractivity contribution in [2.24, 2.45) is 0 Å². The minimum absolute atomic E-state index is 0. The third-order valence-electron chi connectivity index (χ3n) is 9.25. The summed E-state index contributed by atoms with van der Waals surface area (Å²) >= 11 is 0. The molecule has 10 aromatic rings. The lowest BCUT2D eigenvalue weighted by Gasteiger charge is -2.14. The summed E-state index contributed by atoms with van der Waals surface area (Å²) in [5, 5.41) is 6.82. The van der Waals surface area contributed by atoms with Gasteiger partial charge in [0.05, 0.1) is 16.7 Å². The van der Waals surface area contributed by atoms with Crippen LogP contribution in [0.5, 0.6) is 0 Å². The molecule has 0 saturated carbocycles. The van der Waals surface area contributed by atoms with E-state index in [1.807, 2.05) is 78.9 Å². The van der Waals surface area contributed by atoms with E-state index in [4.69, 9.17) is 19.4 Å². The molecule has 0 radical (unpaired) electrons. The number of nitrogens with zero attached hydrogens (tertiary/aromatic N) is 4. The van der Waals surface area contributed by atoms with E-state index in [0.29, 0.717) is 17.5 Å². The number of fused-ring (bicyclic) bond motifs is 9. The third-order valence-corrected chi connectivity index (χ3v) is 9.25. The highest BCUT2D eigenvalue weighted by Crippen LogP contribution is 2.43. The van der Waals surface area contributed by atoms with Gasteiger partial charge in [-0.25, -0.2) is 15.0 Å². The van der Waals surface area contributed by atoms with Crippen LogP contribution in [0.2, 0.25) is 0 Å². The Morgan fingerprint density at radius 1 is 0.429 bits per heavy atom. The molecule has 0 saturated heterocycles. The van der Waals surface area contributed by atoms with Crippen molar-refractivity contribution in [3.05, 3.63) is 165 Å². The molecule has 0 aliphatic heterocycles. The van der Waals surface area contributed by atoms with E-state index in [2.05, 4.69) is 83.4 Å². The largest absolute Gasteiger partial charge is 0.455 e. The van der Waals surface area contributed by atoms with Gasteiger partial charge in [0.15, 0.2) is 17.5 Å². The van der Waals surface area contributed by atoms with Gasteiger partial charge in [0.25, 0.3) is 0 Å². The Balaban J connectivity index is 0.00000325. The SMILES string of the molecule is [CH3-].c1ccc(-c2nc(-c3ccccc3)nc(-c3ccccc3-n3c4ccccc4c4c5c(ccc6c7ccccc7oc65)ccc43)n2)cc1. The maximum Gasteiger partial charge on any atom is 0.166 e. The van der Waals surface area contributed by atoms with Gasteiger partial charge < -0.3 is 16.4 Å². The van der Waals surface area contributed by atoms with Crippen molar-refractivity contribution in [3.8, 4) is 39.9 Å². The summed E-state index contributed by atoms with van der Waals surface area (Å²) in [4.78, 5) is 15.1. The Hall–Kier alpha value is -6.59. The zero-order valence-electron chi connectivity index (χ0n) is 26.7. The Morgan fingerprint density at radius 2 is 1.02 bits per heavy atom. The van der Waals surface area contributed by atoms with Gasteiger partial charge in [-0.1, -0.05) is 121 Å². The van der Waals surface area contributed by atoms with Crippen LogP contribution in [-0.4, -0.2) is 19.5 Å². The van der Waals surface area contributed by atoms with Gasteiger partial charge in [0.2, 0.25) is 0 Å². The Labute approximate surface area is 282 Å². The number of hydrogen-bond donors (Lipinski definition) is 0. The molecule has 0 N–H and O–H groups in total. The van der Waals surface area contributed by atoms with Crippen molar-refractivity contribution >= 4 is 54.5 Å². The van der Waals surface area contributed by atoms with E-state index in [1.54, 1.807) is 0 Å². The number of benzene rings is 7. The van der Waals surface area contributed by atoms with Gasteiger partial charge in [-0.3, -0.25) is 0 Å². The smallest absolute Gasteiger partial charge is 0.166 e. The quantitative estimate of drug-likeness (QED) is 0.182. The molecule has 232 valence electrons. The van der Waals surface area contributed by atoms with Crippen LogP contribution < -0.4 is 0 Å². The summed E-state index contributed by atoms with van der Waals surface area (Å²) in [5.41, 5.74) is 7.77. The average molecular weight is 630 g/mol. The van der Waals surface area contributed by atoms with E-state index < -0.39 is 0 Å². The highest BCUT2D eigenvalue weighted by atomic mass is 16.3. The molecule has 10 rings (SSSR count). The molecule has 0 atom stereocenters. The second-order valence-electron chi connectivity index (χ2n) is 12.0. The summed E-state index contributed by atoms with van der Waals surface area (Å²) in [7, 11) is 0. The maximum absolute atomic E-state index is 6.60. The van der Waals surface area contributed by atoms with Gasteiger partial charge in [-0.05, 0) is 41.8 Å². The van der Waals surface area contributed by atoms with Gasteiger partial charge >= 0.3 is 0 Å². The number of hydrogen-bond acceptors (Lipinski definition) is 4. The molecule has 5 heteroatoms. The normalized spacial score (nSPS) is 11.5. The topological polar surface area (TPSA) is 56.7 Å². The lowest BCUT2D eigenvalue weighted by molar-refractivity contribution is 0.673. The van der Waals surface area contributed by atoms with Crippen molar-refractivity contribution < 1.29 is 4.42 Å². The predicted molar refractivity (Wildman–Crippen MR) is 202 cm³/mol. The predicted octanol–water partition coefficient (Wildman–Crippen LogP) is 11.5. The number of aromatic nitrogens is 4. The molecule has 5 nitrogen and oxygen atoms in total. The lowest BCUT2D eigenvalue weighted by atomic mass is 10.0. The van der Waals surface area contributed by atoms with Crippen LogP contribution in [0.4, 0.5) is 0 Å². The van der Waals surface area contributed by atoms with Crippen molar-refractivity contribution in [3.63, 3.8) is 0 Å². The van der Waals surface area contributed by atoms with Crippen LogP contribution in [-0.2, 0) is 0 Å². The van der Waals surface area contributed by atoms with Crippen LogP contribution in [0, 0.1) is 7.43 Å². The summed E-state index contributed by atoms with van der Waals surface area (Å²) in [5.74, 6) is 1.88. The molecule has 49 heavy (non-hydrogen) atoms. The van der Waals surface area contributed by atoms with Crippen molar-refractivity contribution in [1.29, 1.82) is 0 Å². The van der Waals surface area contributed by atoms with E-state index in [0.717, 1.165) is 76.9 Å². The molecule has 0 amide bonds. The van der Waals surface area contributed by atoms with Gasteiger partial charge in [-0.15, -0.1) is 0 Å². The summed E-state index contributed by atoms with van der Waals surface area (Å²) in [6.07, 6.45) is 0. The molecule has 0 bridgehead atoms.